The Hall–Kier alpha value is -1.77. The predicted molar refractivity (Wildman–Crippen MR) is 68.8 cm³/mol. The third kappa shape index (κ3) is 5.91. The van der Waals surface area contributed by atoms with Gasteiger partial charge in [0.25, 0.3) is 0 Å². The monoisotopic (exact) mass is 308 g/mol. The van der Waals surface area contributed by atoms with Gasteiger partial charge < -0.3 is 20.4 Å². The molecule has 20 heavy (non-hydrogen) atoms. The van der Waals surface area contributed by atoms with Crippen LogP contribution in [0.5, 0.6) is 0 Å². The van der Waals surface area contributed by atoms with Crippen molar-refractivity contribution in [2.75, 3.05) is 5.75 Å². The summed E-state index contributed by atoms with van der Waals surface area (Å²) in [6.07, 6.45) is -2.58. The Bertz CT molecular complexity index is 373. The fraction of sp³-hybridized carbons (Fsp3) is 0.636. The van der Waals surface area contributed by atoms with E-state index in [0.29, 0.717) is 0 Å². The number of rotatable bonds is 10. The van der Waals surface area contributed by atoms with Crippen LogP contribution in [0, 0.1) is 11.3 Å². The molecule has 0 spiro atoms. The smallest absolute Gasteiger partial charge is 0.303 e. The molecule has 8 nitrogen and oxygen atoms in total. The number of carbonyl (C=O) groups is 4. The van der Waals surface area contributed by atoms with Crippen molar-refractivity contribution in [2.45, 2.75) is 25.7 Å². The Morgan fingerprint density at radius 2 is 1.15 bits per heavy atom. The van der Waals surface area contributed by atoms with Gasteiger partial charge in [0, 0.05) is 18.3 Å². The minimum Gasteiger partial charge on any atom is -0.481 e. The molecule has 0 saturated carbocycles. The summed E-state index contributed by atoms with van der Waals surface area (Å²) in [6, 6.07) is 0. The summed E-state index contributed by atoms with van der Waals surface area (Å²) in [7, 11) is 0. The minimum atomic E-state index is -1.53. The van der Waals surface area contributed by atoms with Crippen molar-refractivity contribution in [3.05, 3.63) is 0 Å². The number of hydrogen-bond acceptors (Lipinski definition) is 5. The van der Waals surface area contributed by atoms with E-state index in [2.05, 4.69) is 12.6 Å². The fourth-order valence-corrected chi connectivity index (χ4v) is 2.60. The molecule has 0 rings (SSSR count). The molecule has 0 amide bonds. The van der Waals surface area contributed by atoms with Crippen molar-refractivity contribution < 1.29 is 39.6 Å². The van der Waals surface area contributed by atoms with Crippen LogP contribution >= 0.6 is 12.6 Å². The van der Waals surface area contributed by atoms with E-state index in [1.54, 1.807) is 0 Å². The molecule has 0 unspecified atom stereocenters. The van der Waals surface area contributed by atoms with Crippen molar-refractivity contribution in [1.82, 2.24) is 0 Å². The zero-order valence-corrected chi connectivity index (χ0v) is 11.4. The molecular weight excluding hydrogens is 292 g/mol. The molecule has 0 aliphatic heterocycles. The summed E-state index contributed by atoms with van der Waals surface area (Å²) >= 11 is 3.92. The van der Waals surface area contributed by atoms with E-state index in [4.69, 9.17) is 20.4 Å². The summed E-state index contributed by atoms with van der Waals surface area (Å²) in [4.78, 5) is 43.4. The van der Waals surface area contributed by atoms with Crippen LogP contribution in [-0.4, -0.2) is 50.1 Å². The highest BCUT2D eigenvalue weighted by molar-refractivity contribution is 7.80. The number of carboxylic acid groups (broad SMARTS) is 4. The van der Waals surface area contributed by atoms with Crippen LogP contribution in [0.3, 0.4) is 0 Å². The molecule has 0 fully saturated rings. The first-order valence-electron chi connectivity index (χ1n) is 5.61. The van der Waals surface area contributed by atoms with Crippen molar-refractivity contribution in [3.8, 4) is 0 Å². The molecule has 0 aromatic heterocycles. The first-order chi connectivity index (χ1) is 9.12. The molecule has 9 heteroatoms. The van der Waals surface area contributed by atoms with Crippen LogP contribution in [-0.2, 0) is 19.2 Å². The van der Waals surface area contributed by atoms with E-state index < -0.39 is 60.9 Å². The average molecular weight is 308 g/mol. The van der Waals surface area contributed by atoms with Gasteiger partial charge in [0.2, 0.25) is 0 Å². The van der Waals surface area contributed by atoms with E-state index in [-0.39, 0.29) is 5.75 Å². The van der Waals surface area contributed by atoms with Gasteiger partial charge in [-0.3, -0.25) is 19.2 Å². The van der Waals surface area contributed by atoms with Crippen LogP contribution < -0.4 is 0 Å². The molecule has 114 valence electrons. The lowest BCUT2D eigenvalue weighted by atomic mass is 9.69. The maximum absolute atomic E-state index is 10.9. The summed E-state index contributed by atoms with van der Waals surface area (Å²) in [5.74, 6) is -6.68. The van der Waals surface area contributed by atoms with E-state index in [0.717, 1.165) is 0 Å². The fourth-order valence-electron chi connectivity index (χ4n) is 2.12. The second kappa shape index (κ2) is 7.73. The number of hydrogen-bond donors (Lipinski definition) is 5. The van der Waals surface area contributed by atoms with Crippen LogP contribution in [0.25, 0.3) is 0 Å². The van der Waals surface area contributed by atoms with Gasteiger partial charge in [-0.1, -0.05) is 0 Å². The highest BCUT2D eigenvalue weighted by atomic mass is 32.1. The van der Waals surface area contributed by atoms with Crippen LogP contribution in [0.4, 0.5) is 0 Å². The van der Waals surface area contributed by atoms with Crippen molar-refractivity contribution in [1.29, 1.82) is 0 Å². The lowest BCUT2D eigenvalue weighted by Gasteiger charge is -2.36. The van der Waals surface area contributed by atoms with Crippen molar-refractivity contribution >= 4 is 36.5 Å². The summed E-state index contributed by atoms with van der Waals surface area (Å²) in [5.41, 5.74) is -1.53. The molecule has 0 atom stereocenters. The molecule has 0 radical (unpaired) electrons. The van der Waals surface area contributed by atoms with E-state index in [9.17, 15) is 19.2 Å². The first kappa shape index (κ1) is 18.2. The van der Waals surface area contributed by atoms with Crippen LogP contribution in [0.2, 0.25) is 0 Å². The zero-order valence-electron chi connectivity index (χ0n) is 10.5. The maximum Gasteiger partial charge on any atom is 0.303 e. The maximum atomic E-state index is 10.9. The highest BCUT2D eigenvalue weighted by Crippen LogP contribution is 2.41. The first-order valence-corrected chi connectivity index (χ1v) is 6.24. The number of aliphatic carboxylic acids is 4. The largest absolute Gasteiger partial charge is 0.481 e. The third-order valence-electron chi connectivity index (χ3n) is 3.03. The van der Waals surface area contributed by atoms with Gasteiger partial charge in [0.15, 0.2) is 0 Å². The van der Waals surface area contributed by atoms with E-state index in [1.807, 2.05) is 0 Å². The topological polar surface area (TPSA) is 149 Å². The molecule has 0 saturated heterocycles. The standard InChI is InChI=1S/C11H16O8S/c12-7(13)1-6(2-8(14)15)11(5-20,3-9(16)17)4-10(18)19/h6,20H,1-5H2,(H,12,13)(H,14,15)(H,16,17)(H,18,19). The lowest BCUT2D eigenvalue weighted by Crippen LogP contribution is -2.39. The Kier molecular flexibility index (Phi) is 7.05. The number of carboxylic acids is 4. The zero-order chi connectivity index (χ0) is 15.9. The van der Waals surface area contributed by atoms with Crippen LogP contribution in [0.15, 0.2) is 0 Å². The molecule has 0 aliphatic carbocycles. The summed E-state index contributed by atoms with van der Waals surface area (Å²) < 4.78 is 0. The molecular formula is C11H16O8S. The second-order valence-corrected chi connectivity index (χ2v) is 4.87. The Morgan fingerprint density at radius 3 is 1.35 bits per heavy atom. The quantitative estimate of drug-likeness (QED) is 0.364. The van der Waals surface area contributed by atoms with Crippen molar-refractivity contribution in [2.24, 2.45) is 11.3 Å². The molecule has 4 N–H and O–H groups in total. The van der Waals surface area contributed by atoms with Gasteiger partial charge in [-0.25, -0.2) is 0 Å². The Labute approximate surface area is 119 Å². The molecule has 0 heterocycles. The summed E-state index contributed by atoms with van der Waals surface area (Å²) in [6.45, 7) is 0. The van der Waals surface area contributed by atoms with Gasteiger partial charge >= 0.3 is 23.9 Å². The Balaban J connectivity index is 5.55. The molecule has 0 aromatic rings. The second-order valence-electron chi connectivity index (χ2n) is 4.55. The molecule has 0 aromatic carbocycles. The van der Waals surface area contributed by atoms with E-state index >= 15 is 0 Å². The normalized spacial score (nSPS) is 11.3. The van der Waals surface area contributed by atoms with Gasteiger partial charge in [0.05, 0.1) is 12.8 Å². The third-order valence-corrected chi connectivity index (χ3v) is 3.66. The molecule has 0 aliphatic rings. The van der Waals surface area contributed by atoms with Gasteiger partial charge in [-0.05, 0) is 11.7 Å². The number of thiol groups is 1. The SMILES string of the molecule is O=C(O)CC(CC(=O)O)C(CS)(CC(=O)O)CC(=O)O. The highest BCUT2D eigenvalue weighted by Gasteiger charge is 2.43. The van der Waals surface area contributed by atoms with Crippen LogP contribution in [0.1, 0.15) is 25.7 Å². The van der Waals surface area contributed by atoms with E-state index in [1.165, 1.54) is 0 Å². The predicted octanol–water partition coefficient (Wildman–Crippen LogP) is 0.418. The minimum absolute atomic E-state index is 0.239. The van der Waals surface area contributed by atoms with Gasteiger partial charge in [0.1, 0.15) is 0 Å². The Morgan fingerprint density at radius 1 is 0.800 bits per heavy atom. The van der Waals surface area contributed by atoms with Gasteiger partial charge in [-0.15, -0.1) is 0 Å². The van der Waals surface area contributed by atoms with Gasteiger partial charge in [-0.2, -0.15) is 12.6 Å². The van der Waals surface area contributed by atoms with Crippen molar-refractivity contribution in [3.63, 3.8) is 0 Å². The lowest BCUT2D eigenvalue weighted by molar-refractivity contribution is -0.151. The average Bonchev–Trinajstić information content (AvgIpc) is 2.24. The molecule has 0 bridgehead atoms. The summed E-state index contributed by atoms with van der Waals surface area (Å²) in [5, 5.41) is 35.4.